The van der Waals surface area contributed by atoms with E-state index in [0.29, 0.717) is 22.2 Å². The lowest BCUT2D eigenvalue weighted by Gasteiger charge is -2.13. The third-order valence-electron chi connectivity index (χ3n) is 3.63. The van der Waals surface area contributed by atoms with Gasteiger partial charge in [-0.1, -0.05) is 24.0 Å². The number of aryl methyl sites for hydroxylation is 2. The van der Waals surface area contributed by atoms with E-state index in [1.807, 2.05) is 32.1 Å². The number of carboxylic acids is 1. The van der Waals surface area contributed by atoms with Crippen LogP contribution in [-0.2, 0) is 9.59 Å². The van der Waals surface area contributed by atoms with Gasteiger partial charge in [0.05, 0.1) is 12.0 Å². The largest absolute Gasteiger partial charge is 0.496 e. The fourth-order valence-corrected chi connectivity index (χ4v) is 3.93. The number of carboxylic acid groups (broad SMARTS) is 1. The SMILES string of the molecule is COc1c(C)cc(/C=C2/SC(=S)N(CCCC(=O)O)C2=O)cc1C. The molecule has 0 unspecified atom stereocenters. The van der Waals surface area contributed by atoms with Crippen molar-refractivity contribution in [2.75, 3.05) is 13.7 Å². The van der Waals surface area contributed by atoms with E-state index in [0.717, 1.165) is 22.4 Å². The van der Waals surface area contributed by atoms with Crippen LogP contribution in [0.3, 0.4) is 0 Å². The first-order valence-corrected chi connectivity index (χ1v) is 8.68. The number of thiocarbonyl (C=S) groups is 1. The van der Waals surface area contributed by atoms with Gasteiger partial charge in [0, 0.05) is 13.0 Å². The smallest absolute Gasteiger partial charge is 0.303 e. The summed E-state index contributed by atoms with van der Waals surface area (Å²) < 4.78 is 5.82. The highest BCUT2D eigenvalue weighted by molar-refractivity contribution is 8.26. The maximum Gasteiger partial charge on any atom is 0.303 e. The number of nitrogens with zero attached hydrogens (tertiary/aromatic N) is 1. The summed E-state index contributed by atoms with van der Waals surface area (Å²) in [6.45, 7) is 4.25. The maximum absolute atomic E-state index is 12.5. The van der Waals surface area contributed by atoms with Crippen molar-refractivity contribution in [3.63, 3.8) is 0 Å². The van der Waals surface area contributed by atoms with Gasteiger partial charge >= 0.3 is 5.97 Å². The van der Waals surface area contributed by atoms with Crippen LogP contribution in [0.15, 0.2) is 17.0 Å². The van der Waals surface area contributed by atoms with Crippen LogP contribution < -0.4 is 4.74 Å². The lowest BCUT2D eigenvalue weighted by molar-refractivity contribution is -0.137. The molecule has 0 bridgehead atoms. The van der Waals surface area contributed by atoms with Gasteiger partial charge in [-0.15, -0.1) is 0 Å². The van der Waals surface area contributed by atoms with Crippen LogP contribution in [0.1, 0.15) is 29.5 Å². The van der Waals surface area contributed by atoms with Crippen LogP contribution in [0.2, 0.25) is 0 Å². The molecule has 128 valence electrons. The molecule has 7 heteroatoms. The van der Waals surface area contributed by atoms with E-state index in [1.165, 1.54) is 16.7 Å². The zero-order valence-corrected chi connectivity index (χ0v) is 15.4. The molecule has 24 heavy (non-hydrogen) atoms. The van der Waals surface area contributed by atoms with Crippen LogP contribution in [-0.4, -0.2) is 39.9 Å². The zero-order valence-electron chi connectivity index (χ0n) is 13.8. The van der Waals surface area contributed by atoms with E-state index in [2.05, 4.69) is 0 Å². The van der Waals surface area contributed by atoms with Crippen LogP contribution in [0.5, 0.6) is 5.75 Å². The van der Waals surface area contributed by atoms with Crippen LogP contribution in [0, 0.1) is 13.8 Å². The molecule has 0 radical (unpaired) electrons. The van der Waals surface area contributed by atoms with Gasteiger partial charge in [-0.25, -0.2) is 0 Å². The van der Waals surface area contributed by atoms with Crippen LogP contribution >= 0.6 is 24.0 Å². The third-order valence-corrected chi connectivity index (χ3v) is 5.01. The van der Waals surface area contributed by atoms with Gasteiger partial charge in [0.25, 0.3) is 5.91 Å². The Morgan fingerprint density at radius 3 is 2.54 bits per heavy atom. The van der Waals surface area contributed by atoms with Crippen molar-refractivity contribution in [2.45, 2.75) is 26.7 Å². The highest BCUT2D eigenvalue weighted by Gasteiger charge is 2.31. The van der Waals surface area contributed by atoms with E-state index in [1.54, 1.807) is 7.11 Å². The molecule has 1 aromatic carbocycles. The average Bonchev–Trinajstić information content (AvgIpc) is 2.74. The second kappa shape index (κ2) is 7.81. The molecular weight excluding hydrogens is 346 g/mol. The Kier molecular flexibility index (Phi) is 6.01. The predicted molar refractivity (Wildman–Crippen MR) is 99.2 cm³/mol. The molecular formula is C17H19NO4S2. The molecule has 5 nitrogen and oxygen atoms in total. The summed E-state index contributed by atoms with van der Waals surface area (Å²) in [7, 11) is 1.64. The molecule has 1 fully saturated rings. The summed E-state index contributed by atoms with van der Waals surface area (Å²) in [5, 5.41) is 8.70. The first-order chi connectivity index (χ1) is 11.3. The van der Waals surface area contributed by atoms with Gasteiger partial charge in [0.2, 0.25) is 0 Å². The number of hydrogen-bond acceptors (Lipinski definition) is 5. The molecule has 0 spiro atoms. The Morgan fingerprint density at radius 2 is 2.00 bits per heavy atom. The normalized spacial score (nSPS) is 16.1. The maximum atomic E-state index is 12.5. The first-order valence-electron chi connectivity index (χ1n) is 7.46. The summed E-state index contributed by atoms with van der Waals surface area (Å²) in [6.07, 6.45) is 2.22. The number of methoxy groups -OCH3 is 1. The predicted octanol–water partition coefficient (Wildman–Crippen LogP) is 3.38. The summed E-state index contributed by atoms with van der Waals surface area (Å²) in [5.41, 5.74) is 2.92. The summed E-state index contributed by atoms with van der Waals surface area (Å²) in [6, 6.07) is 3.92. The Hall–Kier alpha value is -1.86. The summed E-state index contributed by atoms with van der Waals surface area (Å²) >= 11 is 6.49. The van der Waals surface area contributed by atoms with Gasteiger partial charge in [-0.2, -0.15) is 0 Å². The van der Waals surface area contributed by atoms with Crippen molar-refractivity contribution in [1.29, 1.82) is 0 Å². The number of benzene rings is 1. The van der Waals surface area contributed by atoms with E-state index in [-0.39, 0.29) is 12.3 Å². The number of rotatable bonds is 6. The van der Waals surface area contributed by atoms with Gasteiger partial charge < -0.3 is 9.84 Å². The fourth-order valence-electron chi connectivity index (χ4n) is 2.62. The number of carbonyl (C=O) groups excluding carboxylic acids is 1. The molecule has 1 saturated heterocycles. The Morgan fingerprint density at radius 1 is 1.38 bits per heavy atom. The Balaban J connectivity index is 2.18. The third kappa shape index (κ3) is 4.15. The van der Waals surface area contributed by atoms with Crippen molar-refractivity contribution in [1.82, 2.24) is 4.90 Å². The molecule has 2 rings (SSSR count). The topological polar surface area (TPSA) is 66.8 Å². The summed E-state index contributed by atoms with van der Waals surface area (Å²) in [4.78, 5) is 25.1. The minimum Gasteiger partial charge on any atom is -0.496 e. The molecule has 1 amide bonds. The number of hydrogen-bond donors (Lipinski definition) is 1. The number of aliphatic carboxylic acids is 1. The Bertz CT molecular complexity index is 704. The number of ether oxygens (including phenoxy) is 1. The lowest BCUT2D eigenvalue weighted by atomic mass is 10.1. The van der Waals surface area contributed by atoms with Crippen molar-refractivity contribution in [3.05, 3.63) is 33.7 Å². The molecule has 0 aliphatic carbocycles. The molecule has 1 aromatic rings. The van der Waals surface area contributed by atoms with Crippen molar-refractivity contribution in [2.24, 2.45) is 0 Å². The fraction of sp³-hybridized carbons (Fsp3) is 0.353. The van der Waals surface area contributed by atoms with Crippen molar-refractivity contribution < 1.29 is 19.4 Å². The molecule has 0 atom stereocenters. The van der Waals surface area contributed by atoms with Crippen molar-refractivity contribution in [3.8, 4) is 5.75 Å². The minimum absolute atomic E-state index is 0.0208. The first kappa shape index (κ1) is 18.5. The molecule has 1 aliphatic rings. The second-order valence-corrected chi connectivity index (χ2v) is 7.19. The highest BCUT2D eigenvalue weighted by Crippen LogP contribution is 2.34. The zero-order chi connectivity index (χ0) is 17.9. The Labute approximate surface area is 150 Å². The second-order valence-electron chi connectivity index (χ2n) is 5.52. The lowest BCUT2D eigenvalue weighted by Crippen LogP contribution is -2.29. The number of amides is 1. The molecule has 1 N–H and O–H groups in total. The van der Waals surface area contributed by atoms with Gasteiger partial charge in [-0.3, -0.25) is 14.5 Å². The van der Waals surface area contributed by atoms with Gasteiger partial charge in [0.1, 0.15) is 10.1 Å². The van der Waals surface area contributed by atoms with E-state index >= 15 is 0 Å². The van der Waals surface area contributed by atoms with E-state index in [9.17, 15) is 9.59 Å². The highest BCUT2D eigenvalue weighted by atomic mass is 32.2. The number of thioether (sulfide) groups is 1. The molecule has 1 aliphatic heterocycles. The minimum atomic E-state index is -0.875. The standard InChI is InChI=1S/C17H19NO4S2/c1-10-7-12(8-11(2)15(10)22-3)9-13-16(21)18(17(23)24-13)6-4-5-14(19)20/h7-9H,4-6H2,1-3H3,(H,19,20)/b13-9+. The number of carbonyl (C=O) groups is 2. The van der Waals surface area contributed by atoms with Gasteiger partial charge in [0.15, 0.2) is 0 Å². The molecule has 1 heterocycles. The van der Waals surface area contributed by atoms with E-state index in [4.69, 9.17) is 22.1 Å². The quantitative estimate of drug-likeness (QED) is 0.616. The van der Waals surface area contributed by atoms with E-state index < -0.39 is 5.97 Å². The summed E-state index contributed by atoms with van der Waals surface area (Å²) in [5.74, 6) is -0.199. The van der Waals surface area contributed by atoms with Gasteiger partial charge in [-0.05, 0) is 55.2 Å². The molecule has 0 aromatic heterocycles. The average molecular weight is 365 g/mol. The monoisotopic (exact) mass is 365 g/mol. The van der Waals surface area contributed by atoms with Crippen molar-refractivity contribution >= 4 is 46.3 Å². The van der Waals surface area contributed by atoms with Crippen LogP contribution in [0.25, 0.3) is 6.08 Å². The molecule has 0 saturated carbocycles. The van der Waals surface area contributed by atoms with Crippen LogP contribution in [0.4, 0.5) is 0 Å².